The highest BCUT2D eigenvalue weighted by molar-refractivity contribution is 5.93. The third kappa shape index (κ3) is 4.24. The van der Waals surface area contributed by atoms with E-state index in [9.17, 15) is 9.90 Å². The minimum Gasteiger partial charge on any atom is -0.508 e. The summed E-state index contributed by atoms with van der Waals surface area (Å²) in [5.41, 5.74) is 7.99. The predicted octanol–water partition coefficient (Wildman–Crippen LogP) is 2.57. The molecular weight excluding hydrogens is 240 g/mol. The molecule has 4 heteroatoms. The number of carbonyl (C=O) groups excluding carboxylic acids is 1. The van der Waals surface area contributed by atoms with Crippen LogP contribution in [0.4, 0.5) is 5.69 Å². The Morgan fingerprint density at radius 2 is 1.95 bits per heavy atom. The average molecular weight is 264 g/mol. The number of anilines is 1. The molecule has 0 saturated heterocycles. The lowest BCUT2D eigenvalue weighted by Crippen LogP contribution is -2.30. The molecule has 0 heterocycles. The fraction of sp³-hybridized carbons (Fsp3) is 0.533. The normalized spacial score (nSPS) is 12.5. The van der Waals surface area contributed by atoms with Crippen LogP contribution in [0.15, 0.2) is 12.1 Å². The summed E-state index contributed by atoms with van der Waals surface area (Å²) in [6, 6.07) is 3.44. The monoisotopic (exact) mass is 264 g/mol. The number of rotatable bonds is 5. The van der Waals surface area contributed by atoms with Gasteiger partial charge in [0.2, 0.25) is 5.91 Å². The van der Waals surface area contributed by atoms with Crippen LogP contribution in [0.1, 0.15) is 31.4 Å². The van der Waals surface area contributed by atoms with Crippen molar-refractivity contribution in [2.45, 2.75) is 34.1 Å². The summed E-state index contributed by atoms with van der Waals surface area (Å²) in [4.78, 5) is 12.2. The minimum atomic E-state index is -0.173. The Bertz CT molecular complexity index is 456. The first kappa shape index (κ1) is 15.5. The molecular formula is C15H24N2O2. The Labute approximate surface area is 115 Å². The number of benzene rings is 1. The largest absolute Gasteiger partial charge is 0.508 e. The second-order valence-electron chi connectivity index (χ2n) is 5.51. The number of nitrogens with two attached hydrogens (primary N) is 1. The van der Waals surface area contributed by atoms with Crippen LogP contribution >= 0.6 is 0 Å². The molecule has 1 atom stereocenters. The van der Waals surface area contributed by atoms with Crippen molar-refractivity contribution in [2.75, 3.05) is 11.9 Å². The Morgan fingerprint density at radius 1 is 1.32 bits per heavy atom. The van der Waals surface area contributed by atoms with Gasteiger partial charge in [-0.3, -0.25) is 4.79 Å². The minimum absolute atomic E-state index is 0.0515. The van der Waals surface area contributed by atoms with Crippen LogP contribution < -0.4 is 11.1 Å². The first-order chi connectivity index (χ1) is 8.85. The van der Waals surface area contributed by atoms with Crippen LogP contribution in [0.2, 0.25) is 0 Å². The number of aromatic hydroxyl groups is 1. The van der Waals surface area contributed by atoms with Gasteiger partial charge in [-0.05, 0) is 49.4 Å². The lowest BCUT2D eigenvalue weighted by Gasteiger charge is -2.18. The Morgan fingerprint density at radius 3 is 2.47 bits per heavy atom. The molecule has 1 rings (SSSR count). The maximum absolute atomic E-state index is 12.2. The van der Waals surface area contributed by atoms with Crippen molar-refractivity contribution < 1.29 is 9.90 Å². The zero-order valence-electron chi connectivity index (χ0n) is 12.2. The van der Waals surface area contributed by atoms with Gasteiger partial charge in [-0.25, -0.2) is 0 Å². The van der Waals surface area contributed by atoms with E-state index >= 15 is 0 Å². The SMILES string of the molecule is Cc1cc(NC(=O)C(CN)CC(C)C)c(C)cc1O. The van der Waals surface area contributed by atoms with Gasteiger partial charge in [-0.15, -0.1) is 0 Å². The Kier molecular flexibility index (Phi) is 5.36. The van der Waals surface area contributed by atoms with Crippen LogP contribution in [0, 0.1) is 25.7 Å². The zero-order chi connectivity index (χ0) is 14.6. The van der Waals surface area contributed by atoms with Crippen LogP contribution in [-0.4, -0.2) is 17.6 Å². The molecule has 106 valence electrons. The van der Waals surface area contributed by atoms with E-state index in [0.29, 0.717) is 12.5 Å². The van der Waals surface area contributed by atoms with Crippen LogP contribution in [0.5, 0.6) is 5.75 Å². The van der Waals surface area contributed by atoms with Crippen molar-refractivity contribution in [3.05, 3.63) is 23.3 Å². The molecule has 1 aromatic rings. The molecule has 0 spiro atoms. The fourth-order valence-electron chi connectivity index (χ4n) is 2.05. The van der Waals surface area contributed by atoms with Crippen molar-refractivity contribution in [3.8, 4) is 5.75 Å². The number of aryl methyl sites for hydroxylation is 2. The standard InChI is InChI=1S/C15H24N2O2/c1-9(2)5-12(8-16)15(19)17-13-6-11(4)14(18)7-10(13)3/h6-7,9,12,18H,5,8,16H2,1-4H3,(H,17,19). The van der Waals surface area contributed by atoms with Gasteiger partial charge < -0.3 is 16.2 Å². The Hall–Kier alpha value is -1.55. The Balaban J connectivity index is 2.84. The van der Waals surface area contributed by atoms with Crippen molar-refractivity contribution in [1.29, 1.82) is 0 Å². The number of phenols is 1. The van der Waals surface area contributed by atoms with Crippen molar-refractivity contribution in [2.24, 2.45) is 17.6 Å². The fourth-order valence-corrected chi connectivity index (χ4v) is 2.05. The van der Waals surface area contributed by atoms with Gasteiger partial charge in [-0.1, -0.05) is 13.8 Å². The number of hydrogen-bond acceptors (Lipinski definition) is 3. The van der Waals surface area contributed by atoms with E-state index in [-0.39, 0.29) is 17.6 Å². The molecule has 0 aromatic heterocycles. The van der Waals surface area contributed by atoms with Gasteiger partial charge in [0.25, 0.3) is 0 Å². The van der Waals surface area contributed by atoms with E-state index in [1.54, 1.807) is 19.1 Å². The van der Waals surface area contributed by atoms with Gasteiger partial charge >= 0.3 is 0 Å². The molecule has 1 aromatic carbocycles. The van der Waals surface area contributed by atoms with Gasteiger partial charge in [0.1, 0.15) is 5.75 Å². The van der Waals surface area contributed by atoms with E-state index in [4.69, 9.17) is 5.73 Å². The summed E-state index contributed by atoms with van der Waals surface area (Å²) in [5.74, 6) is 0.452. The molecule has 1 unspecified atom stereocenters. The van der Waals surface area contributed by atoms with Crippen LogP contribution in [0.3, 0.4) is 0 Å². The highest BCUT2D eigenvalue weighted by atomic mass is 16.3. The van der Waals surface area contributed by atoms with Gasteiger partial charge in [0, 0.05) is 12.2 Å². The third-order valence-corrected chi connectivity index (χ3v) is 3.21. The van der Waals surface area contributed by atoms with E-state index in [0.717, 1.165) is 23.2 Å². The molecule has 1 amide bonds. The highest BCUT2D eigenvalue weighted by Gasteiger charge is 2.19. The zero-order valence-corrected chi connectivity index (χ0v) is 12.2. The summed E-state index contributed by atoms with van der Waals surface area (Å²) < 4.78 is 0. The molecule has 0 bridgehead atoms. The number of amides is 1. The topological polar surface area (TPSA) is 75.4 Å². The highest BCUT2D eigenvalue weighted by Crippen LogP contribution is 2.25. The summed E-state index contributed by atoms with van der Waals surface area (Å²) in [7, 11) is 0. The van der Waals surface area contributed by atoms with Crippen LogP contribution in [0.25, 0.3) is 0 Å². The van der Waals surface area contributed by atoms with Gasteiger partial charge in [0.05, 0.1) is 5.92 Å². The quantitative estimate of drug-likeness (QED) is 0.715. The maximum Gasteiger partial charge on any atom is 0.228 e. The van der Waals surface area contributed by atoms with Crippen molar-refractivity contribution in [3.63, 3.8) is 0 Å². The molecule has 0 fully saturated rings. The smallest absolute Gasteiger partial charge is 0.228 e. The van der Waals surface area contributed by atoms with Crippen LogP contribution in [-0.2, 0) is 4.79 Å². The second-order valence-corrected chi connectivity index (χ2v) is 5.51. The molecule has 0 aliphatic rings. The lowest BCUT2D eigenvalue weighted by atomic mass is 9.96. The molecule has 0 saturated carbocycles. The predicted molar refractivity (Wildman–Crippen MR) is 78.2 cm³/mol. The molecule has 4 N–H and O–H groups in total. The molecule has 0 aliphatic carbocycles. The van der Waals surface area contributed by atoms with Gasteiger partial charge in [0.15, 0.2) is 0 Å². The average Bonchev–Trinajstić information content (AvgIpc) is 2.32. The van der Waals surface area contributed by atoms with E-state index in [1.165, 1.54) is 0 Å². The third-order valence-electron chi connectivity index (χ3n) is 3.21. The number of carbonyl (C=O) groups is 1. The summed E-state index contributed by atoms with van der Waals surface area (Å²) in [6.45, 7) is 8.16. The van der Waals surface area contributed by atoms with Crippen molar-refractivity contribution in [1.82, 2.24) is 0 Å². The number of nitrogens with one attached hydrogen (secondary N) is 1. The molecule has 0 aliphatic heterocycles. The number of hydrogen-bond donors (Lipinski definition) is 3. The van der Waals surface area contributed by atoms with Gasteiger partial charge in [-0.2, -0.15) is 0 Å². The summed E-state index contributed by atoms with van der Waals surface area (Å²) in [5, 5.41) is 12.5. The summed E-state index contributed by atoms with van der Waals surface area (Å²) in [6.07, 6.45) is 0.776. The molecule has 0 radical (unpaired) electrons. The van der Waals surface area contributed by atoms with E-state index < -0.39 is 0 Å². The first-order valence-electron chi connectivity index (χ1n) is 6.66. The first-order valence-corrected chi connectivity index (χ1v) is 6.66. The second kappa shape index (κ2) is 6.57. The van der Waals surface area contributed by atoms with E-state index in [2.05, 4.69) is 19.2 Å². The number of phenolic OH excluding ortho intramolecular Hbond substituents is 1. The van der Waals surface area contributed by atoms with Crippen molar-refractivity contribution >= 4 is 11.6 Å². The summed E-state index contributed by atoms with van der Waals surface area (Å²) >= 11 is 0. The molecule has 19 heavy (non-hydrogen) atoms. The lowest BCUT2D eigenvalue weighted by molar-refractivity contribution is -0.120. The maximum atomic E-state index is 12.2. The van der Waals surface area contributed by atoms with E-state index in [1.807, 2.05) is 6.92 Å². The molecule has 4 nitrogen and oxygen atoms in total.